The summed E-state index contributed by atoms with van der Waals surface area (Å²) in [6, 6.07) is 4.27. The number of hydrogen-bond donors (Lipinski definition) is 0. The Morgan fingerprint density at radius 2 is 2.07 bits per heavy atom. The van der Waals surface area contributed by atoms with Crippen molar-refractivity contribution in [3.63, 3.8) is 0 Å². The molecule has 0 aromatic carbocycles. The summed E-state index contributed by atoms with van der Waals surface area (Å²) in [6.07, 6.45) is 6.56. The molecule has 3 heteroatoms. The van der Waals surface area contributed by atoms with Gasteiger partial charge in [0.2, 0.25) is 0 Å². The Morgan fingerprint density at radius 1 is 1.40 bits per heavy atom. The second-order valence-electron chi connectivity index (χ2n) is 4.85. The average Bonchev–Trinajstić information content (AvgIpc) is 2.25. The topological polar surface area (TPSA) is 26.3 Å². The number of rotatable bonds is 5. The van der Waals surface area contributed by atoms with Gasteiger partial charge in [0.1, 0.15) is 0 Å². The highest BCUT2D eigenvalue weighted by Gasteiger charge is 2.28. The molecule has 0 saturated carbocycles. The first-order chi connectivity index (χ1) is 7.16. The molecule has 0 aromatic heterocycles. The van der Waals surface area contributed by atoms with E-state index in [-0.39, 0.29) is 5.97 Å². The minimum absolute atomic E-state index is 0.287. The van der Waals surface area contributed by atoms with Gasteiger partial charge in [0, 0.05) is 6.08 Å². The van der Waals surface area contributed by atoms with E-state index in [1.165, 1.54) is 43.5 Å². The summed E-state index contributed by atoms with van der Waals surface area (Å²) in [5.74, 6) is -0.287. The van der Waals surface area contributed by atoms with Crippen molar-refractivity contribution in [1.82, 2.24) is 0 Å². The molecule has 1 heterocycles. The summed E-state index contributed by atoms with van der Waals surface area (Å²) < 4.78 is 4.99. The summed E-state index contributed by atoms with van der Waals surface area (Å²) >= 11 is 0. The third kappa shape index (κ3) is 4.65. The van der Waals surface area contributed by atoms with Crippen LogP contribution in [-0.2, 0) is 9.53 Å². The summed E-state index contributed by atoms with van der Waals surface area (Å²) in [7, 11) is -0.936. The molecule has 0 radical (unpaired) electrons. The van der Waals surface area contributed by atoms with E-state index in [1.54, 1.807) is 0 Å². The zero-order valence-electron chi connectivity index (χ0n) is 9.76. The molecule has 0 N–H and O–H groups in total. The first kappa shape index (κ1) is 12.5. The zero-order chi connectivity index (χ0) is 11.1. The van der Waals surface area contributed by atoms with Crippen LogP contribution >= 0.6 is 0 Å². The standard InChI is InChI=1S/C12H22O2Si/c1-3-12(13)14-8-7-11-15(2)9-5-4-6-10-15/h3H,1,4-11H2,2H3. The number of carbonyl (C=O) groups excluding carboxylic acids is 1. The molecular formula is C12H22O2Si. The molecule has 15 heavy (non-hydrogen) atoms. The predicted octanol–water partition coefficient (Wildman–Crippen LogP) is 3.37. The highest BCUT2D eigenvalue weighted by atomic mass is 28.3. The highest BCUT2D eigenvalue weighted by Crippen LogP contribution is 2.32. The Labute approximate surface area is 93.7 Å². The van der Waals surface area contributed by atoms with Crippen LogP contribution in [0.3, 0.4) is 0 Å². The normalized spacial score (nSPS) is 19.5. The first-order valence-electron chi connectivity index (χ1n) is 5.95. The van der Waals surface area contributed by atoms with Gasteiger partial charge in [-0.25, -0.2) is 4.79 Å². The van der Waals surface area contributed by atoms with Crippen LogP contribution in [0.25, 0.3) is 0 Å². The fourth-order valence-electron chi connectivity index (χ4n) is 2.39. The van der Waals surface area contributed by atoms with E-state index in [0.717, 1.165) is 6.42 Å². The Bertz CT molecular complexity index is 220. The maximum atomic E-state index is 10.8. The molecule has 1 saturated heterocycles. The van der Waals surface area contributed by atoms with Gasteiger partial charge in [-0.1, -0.05) is 50.5 Å². The van der Waals surface area contributed by atoms with Crippen LogP contribution in [0.4, 0.5) is 0 Å². The van der Waals surface area contributed by atoms with Gasteiger partial charge in [0.05, 0.1) is 14.7 Å². The number of hydrogen-bond acceptors (Lipinski definition) is 2. The smallest absolute Gasteiger partial charge is 0.330 e. The van der Waals surface area contributed by atoms with Crippen molar-refractivity contribution in [2.75, 3.05) is 6.61 Å². The van der Waals surface area contributed by atoms with E-state index in [9.17, 15) is 4.79 Å². The zero-order valence-corrected chi connectivity index (χ0v) is 10.8. The van der Waals surface area contributed by atoms with Crippen LogP contribution < -0.4 is 0 Å². The fraction of sp³-hybridized carbons (Fsp3) is 0.750. The van der Waals surface area contributed by atoms with Crippen molar-refractivity contribution in [2.45, 2.75) is 50.4 Å². The van der Waals surface area contributed by atoms with Crippen LogP contribution in [0.5, 0.6) is 0 Å². The van der Waals surface area contributed by atoms with Gasteiger partial charge >= 0.3 is 5.97 Å². The van der Waals surface area contributed by atoms with Crippen LogP contribution in [-0.4, -0.2) is 20.7 Å². The Morgan fingerprint density at radius 3 is 2.67 bits per heavy atom. The number of esters is 1. The quantitative estimate of drug-likeness (QED) is 0.311. The molecule has 86 valence electrons. The van der Waals surface area contributed by atoms with Gasteiger partial charge in [0.15, 0.2) is 0 Å². The largest absolute Gasteiger partial charge is 0.463 e. The number of ether oxygens (including phenoxy) is 1. The Hall–Kier alpha value is -0.573. The van der Waals surface area contributed by atoms with Gasteiger partial charge in [0.25, 0.3) is 0 Å². The predicted molar refractivity (Wildman–Crippen MR) is 65.7 cm³/mol. The minimum atomic E-state index is -0.936. The van der Waals surface area contributed by atoms with Gasteiger partial charge in [-0.3, -0.25) is 0 Å². The maximum absolute atomic E-state index is 10.8. The van der Waals surface area contributed by atoms with Crippen molar-refractivity contribution >= 4 is 14.0 Å². The lowest BCUT2D eigenvalue weighted by Gasteiger charge is -2.31. The molecule has 1 fully saturated rings. The number of carbonyl (C=O) groups is 1. The van der Waals surface area contributed by atoms with Crippen molar-refractivity contribution in [2.24, 2.45) is 0 Å². The molecule has 1 aliphatic heterocycles. The van der Waals surface area contributed by atoms with Crippen molar-refractivity contribution in [3.8, 4) is 0 Å². The van der Waals surface area contributed by atoms with Crippen molar-refractivity contribution < 1.29 is 9.53 Å². The molecule has 0 aliphatic carbocycles. The molecular weight excluding hydrogens is 204 g/mol. The molecule has 1 aliphatic rings. The minimum Gasteiger partial charge on any atom is -0.463 e. The summed E-state index contributed by atoms with van der Waals surface area (Å²) in [4.78, 5) is 10.8. The lowest BCUT2D eigenvalue weighted by Crippen LogP contribution is -2.32. The van der Waals surface area contributed by atoms with Gasteiger partial charge in [-0.2, -0.15) is 0 Å². The van der Waals surface area contributed by atoms with Gasteiger partial charge in [-0.15, -0.1) is 0 Å². The molecule has 1 rings (SSSR count). The summed E-state index contributed by atoms with van der Waals surface area (Å²) in [6.45, 7) is 6.46. The average molecular weight is 226 g/mol. The van der Waals surface area contributed by atoms with Crippen LogP contribution in [0, 0.1) is 0 Å². The Kier molecular flexibility index (Phi) is 5.09. The van der Waals surface area contributed by atoms with Crippen LogP contribution in [0.1, 0.15) is 25.7 Å². The lowest BCUT2D eigenvalue weighted by molar-refractivity contribution is -0.137. The SMILES string of the molecule is C=CC(=O)OCCC[Si]1(C)CCCCC1. The van der Waals surface area contributed by atoms with Crippen LogP contribution in [0.15, 0.2) is 12.7 Å². The van der Waals surface area contributed by atoms with Crippen molar-refractivity contribution in [3.05, 3.63) is 12.7 Å². The van der Waals surface area contributed by atoms with E-state index >= 15 is 0 Å². The molecule has 0 spiro atoms. The van der Waals surface area contributed by atoms with E-state index in [0.29, 0.717) is 6.61 Å². The summed E-state index contributed by atoms with van der Waals surface area (Å²) in [5.41, 5.74) is 0. The van der Waals surface area contributed by atoms with Crippen LogP contribution in [0.2, 0.25) is 24.7 Å². The van der Waals surface area contributed by atoms with Crippen molar-refractivity contribution in [1.29, 1.82) is 0 Å². The molecule has 0 bridgehead atoms. The molecule has 2 nitrogen and oxygen atoms in total. The molecule has 0 aromatic rings. The second-order valence-corrected chi connectivity index (χ2v) is 9.97. The Balaban J connectivity index is 2.13. The fourth-order valence-corrected chi connectivity index (χ4v) is 6.34. The third-order valence-electron chi connectivity index (χ3n) is 3.40. The lowest BCUT2D eigenvalue weighted by atomic mass is 10.3. The van der Waals surface area contributed by atoms with E-state index < -0.39 is 8.07 Å². The first-order valence-corrected chi connectivity index (χ1v) is 9.08. The third-order valence-corrected chi connectivity index (χ3v) is 8.08. The van der Waals surface area contributed by atoms with E-state index in [2.05, 4.69) is 13.1 Å². The van der Waals surface area contributed by atoms with E-state index in [1.807, 2.05) is 0 Å². The molecule has 0 atom stereocenters. The summed E-state index contributed by atoms with van der Waals surface area (Å²) in [5, 5.41) is 0. The molecule has 0 amide bonds. The maximum Gasteiger partial charge on any atom is 0.330 e. The molecule has 0 unspecified atom stereocenters. The monoisotopic (exact) mass is 226 g/mol. The second kappa shape index (κ2) is 6.11. The van der Waals surface area contributed by atoms with Gasteiger partial charge < -0.3 is 4.74 Å². The van der Waals surface area contributed by atoms with Gasteiger partial charge in [-0.05, 0) is 6.42 Å². The van der Waals surface area contributed by atoms with E-state index in [4.69, 9.17) is 4.74 Å². The highest BCUT2D eigenvalue weighted by molar-refractivity contribution is 6.78.